The van der Waals surface area contributed by atoms with Gasteiger partial charge in [0.25, 0.3) is 10.1 Å². The van der Waals surface area contributed by atoms with Crippen LogP contribution in [0.15, 0.2) is 0 Å². The molecule has 1 unspecified atom stereocenters. The number of unbranched alkanes of at least 4 members (excludes halogenated alkanes) is 13. The van der Waals surface area contributed by atoms with Gasteiger partial charge < -0.3 is 10.2 Å². The summed E-state index contributed by atoms with van der Waals surface area (Å²) in [6, 6.07) is 0.534. The lowest BCUT2D eigenvalue weighted by Gasteiger charge is -2.33. The monoisotopic (exact) mass is 432 g/mol. The maximum atomic E-state index is 10.8. The molecule has 0 aromatic rings. The molecule has 0 spiro atoms. The van der Waals surface area contributed by atoms with Crippen molar-refractivity contribution < 1.29 is 13.0 Å². The normalized spacial score (nSPS) is 18.3. The Morgan fingerprint density at radius 1 is 0.828 bits per heavy atom. The first-order valence-corrected chi connectivity index (χ1v) is 14.0. The maximum absolute atomic E-state index is 10.8. The first kappa shape index (κ1) is 26.9. The van der Waals surface area contributed by atoms with Crippen molar-refractivity contribution in [1.29, 1.82) is 0 Å². The van der Waals surface area contributed by atoms with E-state index in [1.54, 1.807) is 0 Å². The average molecular weight is 433 g/mol. The van der Waals surface area contributed by atoms with Crippen LogP contribution in [0.5, 0.6) is 0 Å². The van der Waals surface area contributed by atoms with Gasteiger partial charge in [-0.25, -0.2) is 0 Å². The Hall–Kier alpha value is -0.170. The van der Waals surface area contributed by atoms with E-state index in [1.807, 2.05) is 0 Å². The highest BCUT2D eigenvalue weighted by Crippen LogP contribution is 2.14. The van der Waals surface area contributed by atoms with E-state index in [9.17, 15) is 8.42 Å². The largest absolute Gasteiger partial charge is 0.311 e. The van der Waals surface area contributed by atoms with Crippen LogP contribution in [-0.4, -0.2) is 55.8 Å². The number of nitrogens with one attached hydrogen (secondary N) is 1. The van der Waals surface area contributed by atoms with E-state index in [4.69, 9.17) is 4.55 Å². The molecule has 1 aliphatic rings. The highest BCUT2D eigenvalue weighted by Gasteiger charge is 2.19. The third kappa shape index (κ3) is 17.2. The second kappa shape index (κ2) is 17.5. The molecule has 1 saturated heterocycles. The van der Waals surface area contributed by atoms with E-state index in [0.29, 0.717) is 12.5 Å². The van der Waals surface area contributed by atoms with Crippen LogP contribution in [0.25, 0.3) is 0 Å². The summed E-state index contributed by atoms with van der Waals surface area (Å²) in [6.07, 6.45) is 21.3. The zero-order valence-corrected chi connectivity index (χ0v) is 19.9. The van der Waals surface area contributed by atoms with Crippen LogP contribution in [0.3, 0.4) is 0 Å². The van der Waals surface area contributed by atoms with Crippen molar-refractivity contribution in [2.75, 3.05) is 31.9 Å². The van der Waals surface area contributed by atoms with Gasteiger partial charge in [0.15, 0.2) is 0 Å². The molecule has 2 N–H and O–H groups in total. The molecule has 0 amide bonds. The van der Waals surface area contributed by atoms with Crippen molar-refractivity contribution in [3.63, 3.8) is 0 Å². The topological polar surface area (TPSA) is 69.6 Å². The van der Waals surface area contributed by atoms with Gasteiger partial charge in [0.05, 0.1) is 5.75 Å². The molecule has 1 atom stereocenters. The number of hydrogen-bond acceptors (Lipinski definition) is 4. The van der Waals surface area contributed by atoms with Crippen molar-refractivity contribution in [2.45, 2.75) is 116 Å². The molecule has 0 aromatic carbocycles. The van der Waals surface area contributed by atoms with Crippen LogP contribution in [0.4, 0.5) is 0 Å². The SMILES string of the molecule is CCCCCCCCCCCCCCCCC1CN(CCCS(=O)(=O)O)CCN1. The molecular weight excluding hydrogens is 384 g/mol. The summed E-state index contributed by atoms with van der Waals surface area (Å²) in [5.74, 6) is -0.124. The average Bonchev–Trinajstić information content (AvgIpc) is 2.67. The third-order valence-corrected chi connectivity index (χ3v) is 6.93. The molecule has 0 aliphatic carbocycles. The van der Waals surface area contributed by atoms with Crippen LogP contribution >= 0.6 is 0 Å². The van der Waals surface area contributed by atoms with E-state index in [1.165, 1.54) is 96.3 Å². The molecule has 29 heavy (non-hydrogen) atoms. The molecule has 6 heteroatoms. The molecule has 1 fully saturated rings. The third-order valence-electron chi connectivity index (χ3n) is 6.12. The lowest BCUT2D eigenvalue weighted by Crippen LogP contribution is -2.50. The molecule has 0 saturated carbocycles. The van der Waals surface area contributed by atoms with Gasteiger partial charge in [-0.1, -0.05) is 96.8 Å². The van der Waals surface area contributed by atoms with E-state index >= 15 is 0 Å². The summed E-state index contributed by atoms with van der Waals surface area (Å²) in [5, 5.41) is 3.59. The van der Waals surface area contributed by atoms with Gasteiger partial charge in [0.1, 0.15) is 0 Å². The summed E-state index contributed by atoms with van der Waals surface area (Å²) < 4.78 is 30.5. The second-order valence-corrected chi connectivity index (χ2v) is 10.5. The summed E-state index contributed by atoms with van der Waals surface area (Å²) in [6.45, 7) is 6.00. The first-order valence-electron chi connectivity index (χ1n) is 12.4. The summed E-state index contributed by atoms with van der Waals surface area (Å²) in [5.41, 5.74) is 0. The van der Waals surface area contributed by atoms with Crippen LogP contribution < -0.4 is 5.32 Å². The molecule has 0 bridgehead atoms. The summed E-state index contributed by atoms with van der Waals surface area (Å²) in [7, 11) is -3.82. The fourth-order valence-corrected chi connectivity index (χ4v) is 4.84. The predicted molar refractivity (Wildman–Crippen MR) is 124 cm³/mol. The van der Waals surface area contributed by atoms with Gasteiger partial charge in [0.2, 0.25) is 0 Å². The Balaban J connectivity index is 1.87. The van der Waals surface area contributed by atoms with Crippen LogP contribution in [0.1, 0.15) is 110 Å². The maximum Gasteiger partial charge on any atom is 0.264 e. The van der Waals surface area contributed by atoms with Gasteiger partial charge in [0, 0.05) is 25.7 Å². The smallest absolute Gasteiger partial charge is 0.264 e. The lowest BCUT2D eigenvalue weighted by atomic mass is 10.0. The molecule has 1 rings (SSSR count). The molecular formula is C23H48N2O3S. The lowest BCUT2D eigenvalue weighted by molar-refractivity contribution is 0.193. The number of piperazine rings is 1. The van der Waals surface area contributed by atoms with Crippen LogP contribution in [0.2, 0.25) is 0 Å². The number of rotatable bonds is 19. The molecule has 0 radical (unpaired) electrons. The van der Waals surface area contributed by atoms with Gasteiger partial charge in [-0.3, -0.25) is 4.55 Å². The zero-order chi connectivity index (χ0) is 21.2. The second-order valence-electron chi connectivity index (χ2n) is 8.98. The summed E-state index contributed by atoms with van der Waals surface area (Å²) >= 11 is 0. The fraction of sp³-hybridized carbons (Fsp3) is 1.00. The molecule has 5 nitrogen and oxygen atoms in total. The Labute approximate surface area is 181 Å². The van der Waals surface area contributed by atoms with E-state index in [0.717, 1.165) is 26.2 Å². The molecule has 0 aromatic heterocycles. The minimum absolute atomic E-state index is 0.124. The highest BCUT2D eigenvalue weighted by atomic mass is 32.2. The Bertz CT molecular complexity index is 471. The number of hydrogen-bond donors (Lipinski definition) is 2. The standard InChI is InChI=1S/C23H48N2O3S/c1-2-3-4-5-6-7-8-9-10-11-12-13-14-15-17-23-22-25(20-18-24-23)19-16-21-29(26,27)28/h23-24H,2-22H2,1H3,(H,26,27,28). The van der Waals surface area contributed by atoms with Crippen molar-refractivity contribution >= 4 is 10.1 Å². The molecule has 1 aliphatic heterocycles. The Kier molecular flexibility index (Phi) is 16.2. The predicted octanol–water partition coefficient (Wildman–Crippen LogP) is 5.41. The van der Waals surface area contributed by atoms with E-state index in [-0.39, 0.29) is 5.75 Å². The van der Waals surface area contributed by atoms with Gasteiger partial charge in [-0.05, 0) is 19.4 Å². The van der Waals surface area contributed by atoms with Gasteiger partial charge in [-0.2, -0.15) is 8.42 Å². The van der Waals surface area contributed by atoms with Crippen molar-refractivity contribution in [1.82, 2.24) is 10.2 Å². The van der Waals surface area contributed by atoms with Crippen molar-refractivity contribution in [2.24, 2.45) is 0 Å². The van der Waals surface area contributed by atoms with E-state index in [2.05, 4.69) is 17.1 Å². The zero-order valence-electron chi connectivity index (χ0n) is 19.0. The Morgan fingerprint density at radius 3 is 1.86 bits per heavy atom. The van der Waals surface area contributed by atoms with Gasteiger partial charge >= 0.3 is 0 Å². The van der Waals surface area contributed by atoms with Crippen LogP contribution in [0, 0.1) is 0 Å². The van der Waals surface area contributed by atoms with Crippen molar-refractivity contribution in [3.8, 4) is 0 Å². The van der Waals surface area contributed by atoms with E-state index < -0.39 is 10.1 Å². The van der Waals surface area contributed by atoms with Crippen molar-refractivity contribution in [3.05, 3.63) is 0 Å². The first-order chi connectivity index (χ1) is 14.0. The molecule has 174 valence electrons. The molecule has 1 heterocycles. The quantitative estimate of drug-likeness (QED) is 0.211. The summed E-state index contributed by atoms with van der Waals surface area (Å²) in [4.78, 5) is 2.33. The minimum Gasteiger partial charge on any atom is -0.311 e. The van der Waals surface area contributed by atoms with Gasteiger partial charge in [-0.15, -0.1) is 0 Å². The minimum atomic E-state index is -3.82. The highest BCUT2D eigenvalue weighted by molar-refractivity contribution is 7.85. The fourth-order valence-electron chi connectivity index (χ4n) is 4.35. The number of nitrogens with zero attached hydrogens (tertiary/aromatic N) is 1. The Morgan fingerprint density at radius 2 is 1.34 bits per heavy atom. The van der Waals surface area contributed by atoms with Crippen LogP contribution in [-0.2, 0) is 10.1 Å².